The fourth-order valence-electron chi connectivity index (χ4n) is 1.76. The molecular weight excluding hydrogens is 200 g/mol. The van der Waals surface area contributed by atoms with E-state index in [1.165, 1.54) is 0 Å². The summed E-state index contributed by atoms with van der Waals surface area (Å²) < 4.78 is 0. The van der Waals surface area contributed by atoms with E-state index in [0.717, 1.165) is 16.5 Å². The van der Waals surface area contributed by atoms with Crippen LogP contribution >= 0.6 is 0 Å². The van der Waals surface area contributed by atoms with Gasteiger partial charge in [-0.15, -0.1) is 0 Å². The van der Waals surface area contributed by atoms with Crippen LogP contribution in [0.4, 0.5) is 0 Å². The average Bonchev–Trinajstić information content (AvgIpc) is 2.29. The molecule has 0 unspecified atom stereocenters. The highest BCUT2D eigenvalue weighted by Gasteiger charge is 2.06. The van der Waals surface area contributed by atoms with Gasteiger partial charge < -0.3 is 5.73 Å². The molecule has 1 heterocycles. The number of Topliss-reactive ketones (excluding diaryl/α,β-unsaturated/α-hetero) is 1. The summed E-state index contributed by atoms with van der Waals surface area (Å²) in [6, 6.07) is 7.64. The topological polar surface area (TPSA) is 56.0 Å². The molecule has 1 aromatic heterocycles. The van der Waals surface area contributed by atoms with Gasteiger partial charge in [-0.25, -0.2) is 0 Å². The molecule has 0 saturated carbocycles. The Morgan fingerprint density at radius 3 is 2.94 bits per heavy atom. The first kappa shape index (κ1) is 10.8. The van der Waals surface area contributed by atoms with Gasteiger partial charge in [-0.1, -0.05) is 12.1 Å². The highest BCUT2D eigenvalue weighted by Crippen LogP contribution is 2.18. The third-order valence-corrected chi connectivity index (χ3v) is 2.66. The lowest BCUT2D eigenvalue weighted by Crippen LogP contribution is -2.08. The van der Waals surface area contributed by atoms with Gasteiger partial charge in [-0.05, 0) is 31.0 Å². The largest absolute Gasteiger partial charge is 0.330 e. The van der Waals surface area contributed by atoms with Crippen LogP contribution < -0.4 is 5.73 Å². The van der Waals surface area contributed by atoms with E-state index >= 15 is 0 Å². The number of aromatic nitrogens is 1. The third-order valence-electron chi connectivity index (χ3n) is 2.66. The number of pyridine rings is 1. The van der Waals surface area contributed by atoms with E-state index in [-0.39, 0.29) is 5.78 Å². The van der Waals surface area contributed by atoms with Gasteiger partial charge in [0, 0.05) is 29.3 Å². The van der Waals surface area contributed by atoms with Crippen molar-refractivity contribution in [3.05, 3.63) is 41.7 Å². The van der Waals surface area contributed by atoms with Gasteiger partial charge in [0.25, 0.3) is 0 Å². The number of hydrogen-bond donors (Lipinski definition) is 1. The third kappa shape index (κ3) is 1.95. The Bertz CT molecular complexity index is 534. The van der Waals surface area contributed by atoms with Gasteiger partial charge >= 0.3 is 0 Å². The lowest BCUT2D eigenvalue weighted by molar-refractivity contribution is 0.0985. The van der Waals surface area contributed by atoms with Crippen LogP contribution in [0.1, 0.15) is 22.5 Å². The van der Waals surface area contributed by atoms with Crippen LogP contribution in [0.15, 0.2) is 30.5 Å². The number of ketones is 1. The van der Waals surface area contributed by atoms with Crippen LogP contribution in [0, 0.1) is 6.92 Å². The fourth-order valence-corrected chi connectivity index (χ4v) is 1.76. The highest BCUT2D eigenvalue weighted by atomic mass is 16.1. The Labute approximate surface area is 94.3 Å². The van der Waals surface area contributed by atoms with E-state index < -0.39 is 0 Å². The van der Waals surface area contributed by atoms with Gasteiger partial charge in [0.15, 0.2) is 5.78 Å². The molecule has 2 aromatic rings. The van der Waals surface area contributed by atoms with Crippen molar-refractivity contribution in [1.82, 2.24) is 4.98 Å². The molecule has 3 nitrogen and oxygen atoms in total. The fraction of sp³-hybridized carbons (Fsp3) is 0.231. The van der Waals surface area contributed by atoms with Crippen molar-refractivity contribution < 1.29 is 4.79 Å². The minimum absolute atomic E-state index is 0.0904. The molecule has 3 heteroatoms. The Balaban J connectivity index is 2.51. The summed E-state index contributed by atoms with van der Waals surface area (Å²) in [5.41, 5.74) is 7.04. The average molecular weight is 214 g/mol. The molecule has 0 saturated heterocycles. The maximum Gasteiger partial charge on any atom is 0.164 e. The monoisotopic (exact) mass is 214 g/mol. The van der Waals surface area contributed by atoms with Crippen LogP contribution in [0.2, 0.25) is 0 Å². The van der Waals surface area contributed by atoms with Crippen LogP contribution in [0.25, 0.3) is 10.8 Å². The summed E-state index contributed by atoms with van der Waals surface area (Å²) in [7, 11) is 0. The van der Waals surface area contributed by atoms with Crippen molar-refractivity contribution >= 4 is 16.6 Å². The number of carbonyl (C=O) groups is 1. The second-order valence-electron chi connectivity index (χ2n) is 3.79. The van der Waals surface area contributed by atoms with Crippen molar-refractivity contribution in [2.24, 2.45) is 5.73 Å². The van der Waals surface area contributed by atoms with Gasteiger partial charge in [0.1, 0.15) is 0 Å². The van der Waals surface area contributed by atoms with Gasteiger partial charge in [-0.2, -0.15) is 0 Å². The predicted molar refractivity (Wildman–Crippen MR) is 64.5 cm³/mol. The van der Waals surface area contributed by atoms with Crippen LogP contribution in [-0.2, 0) is 0 Å². The minimum Gasteiger partial charge on any atom is -0.330 e. The van der Waals surface area contributed by atoms with Crippen molar-refractivity contribution in [2.45, 2.75) is 13.3 Å². The Kier molecular flexibility index (Phi) is 2.97. The minimum atomic E-state index is 0.0904. The maximum absolute atomic E-state index is 11.7. The zero-order chi connectivity index (χ0) is 11.5. The summed E-state index contributed by atoms with van der Waals surface area (Å²) in [6.07, 6.45) is 2.17. The molecule has 0 spiro atoms. The maximum atomic E-state index is 11.7. The van der Waals surface area contributed by atoms with Gasteiger partial charge in [0.2, 0.25) is 0 Å². The number of fused-ring (bicyclic) bond motifs is 1. The lowest BCUT2D eigenvalue weighted by atomic mass is 10.0. The first-order valence-corrected chi connectivity index (χ1v) is 5.31. The molecule has 2 rings (SSSR count). The molecule has 0 aliphatic rings. The molecule has 0 aliphatic heterocycles. The van der Waals surface area contributed by atoms with Crippen LogP contribution in [0.3, 0.4) is 0 Å². The number of aryl methyl sites for hydroxylation is 1. The number of nitrogens with zero attached hydrogens (tertiary/aromatic N) is 1. The molecule has 82 valence electrons. The van der Waals surface area contributed by atoms with E-state index in [1.807, 2.05) is 31.2 Å². The first-order valence-electron chi connectivity index (χ1n) is 5.31. The number of nitrogens with two attached hydrogens (primary N) is 1. The summed E-state index contributed by atoms with van der Waals surface area (Å²) in [6.45, 7) is 2.34. The normalized spacial score (nSPS) is 10.6. The van der Waals surface area contributed by atoms with E-state index in [1.54, 1.807) is 6.20 Å². The zero-order valence-electron chi connectivity index (χ0n) is 9.23. The number of hydrogen-bond acceptors (Lipinski definition) is 3. The molecule has 0 fully saturated rings. The van der Waals surface area contributed by atoms with Crippen molar-refractivity contribution in [3.63, 3.8) is 0 Å². The molecule has 2 N–H and O–H groups in total. The standard InChI is InChI=1S/C13H14N2O/c1-9-12-8-11(13(16)4-6-14)3-2-10(12)5-7-15-9/h2-3,5,7-8H,4,6,14H2,1H3. The molecule has 0 atom stereocenters. The van der Waals surface area contributed by atoms with Gasteiger partial charge in [-0.3, -0.25) is 9.78 Å². The summed E-state index contributed by atoms with van der Waals surface area (Å²) in [5.74, 6) is 0.0904. The second kappa shape index (κ2) is 4.41. The van der Waals surface area contributed by atoms with Crippen molar-refractivity contribution in [2.75, 3.05) is 6.54 Å². The molecular formula is C13H14N2O. The number of benzene rings is 1. The number of rotatable bonds is 3. The number of carbonyl (C=O) groups excluding carboxylic acids is 1. The van der Waals surface area contributed by atoms with Gasteiger partial charge in [0.05, 0.1) is 0 Å². The Morgan fingerprint density at radius 2 is 2.19 bits per heavy atom. The zero-order valence-corrected chi connectivity index (χ0v) is 9.23. The molecule has 1 aromatic carbocycles. The Morgan fingerprint density at radius 1 is 1.38 bits per heavy atom. The predicted octanol–water partition coefficient (Wildman–Crippen LogP) is 2.07. The summed E-state index contributed by atoms with van der Waals surface area (Å²) in [5, 5.41) is 2.14. The summed E-state index contributed by atoms with van der Waals surface area (Å²) >= 11 is 0. The Hall–Kier alpha value is -1.74. The highest BCUT2D eigenvalue weighted by molar-refractivity contribution is 6.00. The second-order valence-corrected chi connectivity index (χ2v) is 3.79. The summed E-state index contributed by atoms with van der Waals surface area (Å²) in [4.78, 5) is 15.9. The van der Waals surface area contributed by atoms with Crippen molar-refractivity contribution in [3.8, 4) is 0 Å². The van der Waals surface area contributed by atoms with E-state index in [2.05, 4.69) is 4.98 Å². The molecule has 0 amide bonds. The molecule has 0 aliphatic carbocycles. The van der Waals surface area contributed by atoms with Crippen LogP contribution in [0.5, 0.6) is 0 Å². The lowest BCUT2D eigenvalue weighted by Gasteiger charge is -2.04. The quantitative estimate of drug-likeness (QED) is 0.796. The molecule has 0 bridgehead atoms. The smallest absolute Gasteiger partial charge is 0.164 e. The molecule has 0 radical (unpaired) electrons. The van der Waals surface area contributed by atoms with E-state index in [4.69, 9.17) is 5.73 Å². The first-order chi connectivity index (χ1) is 7.72. The molecule has 16 heavy (non-hydrogen) atoms. The van der Waals surface area contributed by atoms with E-state index in [9.17, 15) is 4.79 Å². The van der Waals surface area contributed by atoms with E-state index in [0.29, 0.717) is 18.5 Å². The SMILES string of the molecule is Cc1nccc2ccc(C(=O)CCN)cc12. The van der Waals surface area contributed by atoms with Crippen molar-refractivity contribution in [1.29, 1.82) is 0 Å². The van der Waals surface area contributed by atoms with Crippen LogP contribution in [-0.4, -0.2) is 17.3 Å².